The van der Waals surface area contributed by atoms with E-state index in [-0.39, 0.29) is 12.6 Å². The Bertz CT molecular complexity index is 312. The number of hydrogen-bond acceptors (Lipinski definition) is 4. The molecule has 0 spiro atoms. The van der Waals surface area contributed by atoms with Crippen molar-refractivity contribution in [3.63, 3.8) is 0 Å². The Morgan fingerprint density at radius 3 is 2.00 bits per heavy atom. The number of carbonyl (C=O) groups excluding carboxylic acids is 3. The van der Waals surface area contributed by atoms with Crippen LogP contribution in [0, 0.1) is 0 Å². The lowest BCUT2D eigenvalue weighted by Gasteiger charge is -2.11. The highest BCUT2D eigenvalue weighted by Gasteiger charge is 2.13. The lowest BCUT2D eigenvalue weighted by Crippen LogP contribution is -2.48. The maximum Gasteiger partial charge on any atom is 0.323 e. The molecule has 0 rings (SSSR count). The minimum Gasteiger partial charge on any atom is -0.335 e. The molecule has 0 atom stereocenters. The first-order valence-corrected chi connectivity index (χ1v) is 4.54. The van der Waals surface area contributed by atoms with Crippen LogP contribution < -0.4 is 16.1 Å². The Labute approximate surface area is 93.8 Å². The van der Waals surface area contributed by atoms with Gasteiger partial charge in [-0.25, -0.2) is 5.01 Å². The molecule has 0 radical (unpaired) electrons. The second-order valence-electron chi connectivity index (χ2n) is 3.30. The summed E-state index contributed by atoms with van der Waals surface area (Å²) < 4.78 is 0. The predicted octanol–water partition coefficient (Wildman–Crippen LogP) is -1.65. The van der Waals surface area contributed by atoms with Crippen molar-refractivity contribution in [2.75, 3.05) is 20.8 Å². The lowest BCUT2D eigenvalue weighted by atomic mass is 10.3. The van der Waals surface area contributed by atoms with E-state index in [2.05, 4.69) is 22.6 Å². The third-order valence-corrected chi connectivity index (χ3v) is 1.42. The number of carbonyl (C=O) groups is 3. The predicted molar refractivity (Wildman–Crippen MR) is 57.8 cm³/mol. The van der Waals surface area contributed by atoms with E-state index in [0.717, 1.165) is 0 Å². The maximum absolute atomic E-state index is 11.1. The van der Waals surface area contributed by atoms with E-state index in [4.69, 9.17) is 0 Å². The number of rotatable bonds is 4. The number of nitrogens with zero attached hydrogens (tertiary/aromatic N) is 1. The van der Waals surface area contributed by atoms with Crippen molar-refractivity contribution in [1.29, 1.82) is 0 Å². The topological polar surface area (TPSA) is 90.5 Å². The Morgan fingerprint density at radius 2 is 1.56 bits per heavy atom. The van der Waals surface area contributed by atoms with Crippen molar-refractivity contribution >= 4 is 17.7 Å². The molecule has 0 unspecified atom stereocenters. The molecule has 16 heavy (non-hydrogen) atoms. The van der Waals surface area contributed by atoms with Gasteiger partial charge in [-0.05, 0) is 6.92 Å². The highest BCUT2D eigenvalue weighted by molar-refractivity contribution is 6.34. The smallest absolute Gasteiger partial charge is 0.323 e. The summed E-state index contributed by atoms with van der Waals surface area (Å²) in [6.45, 7) is 4.83. The van der Waals surface area contributed by atoms with Gasteiger partial charge in [-0.1, -0.05) is 6.58 Å². The molecule has 3 amide bonds. The molecule has 90 valence electrons. The molecule has 0 aromatic heterocycles. The first-order chi connectivity index (χ1) is 7.34. The summed E-state index contributed by atoms with van der Waals surface area (Å²) in [5.74, 6) is -2.00. The number of amides is 3. The average Bonchev–Trinajstić information content (AvgIpc) is 2.15. The summed E-state index contributed by atoms with van der Waals surface area (Å²) in [4.78, 5) is 33.2. The third kappa shape index (κ3) is 5.76. The van der Waals surface area contributed by atoms with Gasteiger partial charge in [0.1, 0.15) is 0 Å². The van der Waals surface area contributed by atoms with Crippen LogP contribution in [0.4, 0.5) is 0 Å². The van der Waals surface area contributed by atoms with E-state index >= 15 is 0 Å². The zero-order valence-electron chi connectivity index (χ0n) is 9.59. The van der Waals surface area contributed by atoms with Crippen LogP contribution >= 0.6 is 0 Å². The van der Waals surface area contributed by atoms with Gasteiger partial charge in [-0.15, -0.1) is 0 Å². The molecule has 3 N–H and O–H groups in total. The fourth-order valence-electron chi connectivity index (χ4n) is 0.690. The van der Waals surface area contributed by atoms with Crippen LogP contribution in [0.5, 0.6) is 0 Å². The number of hydrogen-bond donors (Lipinski definition) is 3. The van der Waals surface area contributed by atoms with Crippen LogP contribution in [0.15, 0.2) is 12.2 Å². The second-order valence-corrected chi connectivity index (χ2v) is 3.30. The summed E-state index contributed by atoms with van der Waals surface area (Å²) in [6.07, 6.45) is 0. The first kappa shape index (κ1) is 14.1. The molecule has 7 heteroatoms. The van der Waals surface area contributed by atoms with Gasteiger partial charge in [-0.2, -0.15) is 0 Å². The molecule has 0 bridgehead atoms. The molecule has 0 fully saturated rings. The van der Waals surface area contributed by atoms with E-state index in [1.807, 2.05) is 0 Å². The molecule has 0 aromatic rings. The first-order valence-electron chi connectivity index (χ1n) is 4.54. The van der Waals surface area contributed by atoms with Crippen molar-refractivity contribution in [2.24, 2.45) is 0 Å². The fourth-order valence-corrected chi connectivity index (χ4v) is 0.690. The maximum atomic E-state index is 11.1. The van der Waals surface area contributed by atoms with Crippen LogP contribution in [0.1, 0.15) is 6.92 Å². The quantitative estimate of drug-likeness (QED) is 0.233. The SMILES string of the molecule is C=C(C)C(=O)NCNC(=O)C(=O)NN(C)C. The highest BCUT2D eigenvalue weighted by atomic mass is 16.2. The van der Waals surface area contributed by atoms with Gasteiger partial charge in [0, 0.05) is 19.7 Å². The molecule has 0 aliphatic carbocycles. The van der Waals surface area contributed by atoms with Crippen LogP contribution in [0.3, 0.4) is 0 Å². The number of hydrazine groups is 1. The molecule has 0 aliphatic rings. The van der Waals surface area contributed by atoms with Crippen molar-refractivity contribution in [2.45, 2.75) is 6.92 Å². The van der Waals surface area contributed by atoms with E-state index in [9.17, 15) is 14.4 Å². The van der Waals surface area contributed by atoms with Crippen LogP contribution in [0.25, 0.3) is 0 Å². The monoisotopic (exact) mass is 228 g/mol. The van der Waals surface area contributed by atoms with Crippen molar-refractivity contribution in [3.05, 3.63) is 12.2 Å². The van der Waals surface area contributed by atoms with Gasteiger partial charge in [0.2, 0.25) is 5.91 Å². The van der Waals surface area contributed by atoms with Crippen molar-refractivity contribution < 1.29 is 14.4 Å². The summed E-state index contributed by atoms with van der Waals surface area (Å²) in [5.41, 5.74) is 2.58. The molecule has 0 heterocycles. The van der Waals surface area contributed by atoms with Crippen LogP contribution in [0.2, 0.25) is 0 Å². The molecule has 0 aliphatic heterocycles. The molecular weight excluding hydrogens is 212 g/mol. The molecular formula is C9H16N4O3. The Morgan fingerprint density at radius 1 is 1.06 bits per heavy atom. The summed E-state index contributed by atoms with van der Waals surface area (Å²) >= 11 is 0. The van der Waals surface area contributed by atoms with Gasteiger partial charge in [-0.3, -0.25) is 19.8 Å². The minimum atomic E-state index is -0.823. The largest absolute Gasteiger partial charge is 0.335 e. The van der Waals surface area contributed by atoms with Gasteiger partial charge < -0.3 is 10.6 Å². The van der Waals surface area contributed by atoms with E-state index in [1.54, 1.807) is 14.1 Å². The Balaban J connectivity index is 3.86. The Kier molecular flexibility index (Phi) is 5.79. The van der Waals surface area contributed by atoms with Gasteiger partial charge >= 0.3 is 11.8 Å². The normalized spacial score (nSPS) is 9.50. The summed E-state index contributed by atoms with van der Waals surface area (Å²) in [5, 5.41) is 5.92. The fraction of sp³-hybridized carbons (Fsp3) is 0.444. The molecule has 0 saturated heterocycles. The Hall–Kier alpha value is -1.89. The highest BCUT2D eigenvalue weighted by Crippen LogP contribution is 1.83. The molecule has 0 aromatic carbocycles. The number of nitrogens with one attached hydrogen (secondary N) is 3. The van der Waals surface area contributed by atoms with Crippen molar-refractivity contribution in [1.82, 2.24) is 21.1 Å². The standard InChI is InChI=1S/C9H16N4O3/c1-6(2)7(14)10-5-11-8(15)9(16)12-13(3)4/h1,5H2,2-4H3,(H,10,14)(H,11,15)(H,12,16). The van der Waals surface area contributed by atoms with E-state index < -0.39 is 11.8 Å². The minimum absolute atomic E-state index is 0.120. The van der Waals surface area contributed by atoms with Gasteiger partial charge in [0.25, 0.3) is 0 Å². The van der Waals surface area contributed by atoms with E-state index in [1.165, 1.54) is 11.9 Å². The van der Waals surface area contributed by atoms with Gasteiger partial charge in [0.05, 0.1) is 6.67 Å². The third-order valence-electron chi connectivity index (χ3n) is 1.42. The summed E-state index contributed by atoms with van der Waals surface area (Å²) in [6, 6.07) is 0. The van der Waals surface area contributed by atoms with Gasteiger partial charge in [0.15, 0.2) is 0 Å². The van der Waals surface area contributed by atoms with Crippen molar-refractivity contribution in [3.8, 4) is 0 Å². The van der Waals surface area contributed by atoms with E-state index in [0.29, 0.717) is 5.57 Å². The average molecular weight is 228 g/mol. The van der Waals surface area contributed by atoms with Crippen LogP contribution in [-0.2, 0) is 14.4 Å². The summed E-state index contributed by atoms with van der Waals surface area (Å²) in [7, 11) is 3.15. The molecule has 0 saturated carbocycles. The van der Waals surface area contributed by atoms with Crippen LogP contribution in [-0.4, -0.2) is 43.5 Å². The zero-order valence-corrected chi connectivity index (χ0v) is 9.59. The molecule has 7 nitrogen and oxygen atoms in total. The zero-order chi connectivity index (χ0) is 12.7. The lowest BCUT2D eigenvalue weighted by molar-refractivity contribution is -0.141. The second kappa shape index (κ2) is 6.57.